The molecule has 188 valence electrons. The Hall–Kier alpha value is -0.347. The first-order chi connectivity index (χ1) is 15.4. The molecule has 0 radical (unpaired) electrons. The molecule has 2 aliphatic heterocycles. The van der Waals surface area contributed by atoms with Crippen LogP contribution >= 0.6 is 19.4 Å². The summed E-state index contributed by atoms with van der Waals surface area (Å²) in [4.78, 5) is 9.77. The van der Waals surface area contributed by atoms with Crippen molar-refractivity contribution in [2.75, 3.05) is 26.2 Å². The van der Waals surface area contributed by atoms with Crippen molar-refractivity contribution in [1.29, 1.82) is 0 Å². The van der Waals surface area contributed by atoms with Gasteiger partial charge in [0.15, 0.2) is 0 Å². The van der Waals surface area contributed by atoms with Crippen LogP contribution in [0.4, 0.5) is 0 Å². The number of hydrogen-bond donors (Lipinski definition) is 0. The zero-order valence-electron chi connectivity index (χ0n) is 21.5. The molecule has 0 spiro atoms. The van der Waals surface area contributed by atoms with E-state index < -0.39 is 10.3 Å². The number of benzene rings is 1. The van der Waals surface area contributed by atoms with Crippen LogP contribution in [0, 0.1) is 0 Å². The zero-order valence-corrected chi connectivity index (χ0v) is 24.8. The second-order valence-corrected chi connectivity index (χ2v) is 22.8. The van der Waals surface area contributed by atoms with E-state index in [-0.39, 0.29) is 0 Å². The Labute approximate surface area is 209 Å². The summed E-state index contributed by atoms with van der Waals surface area (Å²) in [5.41, 5.74) is 1.07. The fourth-order valence-corrected chi connectivity index (χ4v) is 16.2. The van der Waals surface area contributed by atoms with Gasteiger partial charge in [-0.1, -0.05) is 0 Å². The van der Waals surface area contributed by atoms with Crippen LogP contribution in [-0.4, -0.2) is 82.9 Å². The van der Waals surface area contributed by atoms with E-state index in [0.717, 1.165) is 40.5 Å². The molecule has 0 N–H and O–H groups in total. The first-order valence-electron chi connectivity index (χ1n) is 12.1. The molecule has 0 bridgehead atoms. The quantitative estimate of drug-likeness (QED) is 0.446. The van der Waals surface area contributed by atoms with Crippen LogP contribution in [0.1, 0.15) is 61.0 Å². The van der Waals surface area contributed by atoms with Gasteiger partial charge < -0.3 is 0 Å². The van der Waals surface area contributed by atoms with Gasteiger partial charge in [-0.05, 0) is 0 Å². The summed E-state index contributed by atoms with van der Waals surface area (Å²) in [6.07, 6.45) is 2.04. The minimum absolute atomic E-state index is 0.306. The van der Waals surface area contributed by atoms with Gasteiger partial charge in [0, 0.05) is 0 Å². The van der Waals surface area contributed by atoms with Gasteiger partial charge in [0.05, 0.1) is 0 Å². The van der Waals surface area contributed by atoms with Crippen LogP contribution in [0.2, 0.25) is 0 Å². The van der Waals surface area contributed by atoms with E-state index in [0.29, 0.717) is 24.2 Å². The fourth-order valence-electron chi connectivity index (χ4n) is 4.55. The molecule has 0 aliphatic carbocycles. The molecule has 2 aliphatic rings. The van der Waals surface area contributed by atoms with Crippen molar-refractivity contribution >= 4 is 38.4 Å². The van der Waals surface area contributed by atoms with Crippen LogP contribution in [-0.2, 0) is 10.3 Å². The van der Waals surface area contributed by atoms with Crippen LogP contribution in [0.5, 0.6) is 0 Å². The van der Waals surface area contributed by atoms with Crippen molar-refractivity contribution in [3.05, 3.63) is 35.9 Å². The molecular formula is C26H42Cl2N4Ru. The normalized spacial score (nSPS) is 21.0. The van der Waals surface area contributed by atoms with Crippen molar-refractivity contribution < 1.29 is 10.3 Å². The third-order valence-electron chi connectivity index (χ3n) is 6.33. The van der Waals surface area contributed by atoms with Gasteiger partial charge in [0.2, 0.25) is 0 Å². The fraction of sp³-hybridized carbons (Fsp3) is 0.615. The second-order valence-electron chi connectivity index (χ2n) is 10.0. The molecule has 33 heavy (non-hydrogen) atoms. The predicted octanol–water partition coefficient (Wildman–Crippen LogP) is 5.14. The van der Waals surface area contributed by atoms with E-state index in [2.05, 4.69) is 91.4 Å². The van der Waals surface area contributed by atoms with Gasteiger partial charge in [0.1, 0.15) is 0 Å². The second kappa shape index (κ2) is 10.3. The van der Waals surface area contributed by atoms with Crippen molar-refractivity contribution in [3.63, 3.8) is 0 Å². The van der Waals surface area contributed by atoms with Gasteiger partial charge in [-0.2, -0.15) is 0 Å². The molecule has 3 rings (SSSR count). The van der Waals surface area contributed by atoms with Gasteiger partial charge in [0.25, 0.3) is 0 Å². The average Bonchev–Trinajstić information content (AvgIpc) is 3.40. The zero-order chi connectivity index (χ0) is 24.6. The molecule has 0 saturated carbocycles. The van der Waals surface area contributed by atoms with E-state index in [1.807, 2.05) is 24.3 Å². The number of rotatable bonds is 5. The van der Waals surface area contributed by atoms with Crippen molar-refractivity contribution in [2.24, 2.45) is 0 Å². The Morgan fingerprint density at radius 2 is 1.00 bits per heavy atom. The number of hydrogen-bond acceptors (Lipinski definition) is 4. The van der Waals surface area contributed by atoms with Crippen LogP contribution < -0.4 is 0 Å². The van der Waals surface area contributed by atoms with E-state index in [1.165, 1.54) is 0 Å². The number of nitrogens with zero attached hydrogens (tertiary/aromatic N) is 4. The summed E-state index contributed by atoms with van der Waals surface area (Å²) in [6, 6.07) is 11.5. The molecule has 2 saturated heterocycles. The van der Waals surface area contributed by atoms with Crippen LogP contribution in [0.15, 0.2) is 30.3 Å². The number of halogens is 2. The van der Waals surface area contributed by atoms with Gasteiger partial charge in [-0.15, -0.1) is 0 Å². The molecule has 0 atom stereocenters. The molecule has 4 nitrogen and oxygen atoms in total. The van der Waals surface area contributed by atoms with E-state index in [4.69, 9.17) is 19.4 Å². The first kappa shape index (κ1) is 27.2. The van der Waals surface area contributed by atoms with E-state index in [9.17, 15) is 0 Å². The molecule has 2 fully saturated rings. The van der Waals surface area contributed by atoms with Gasteiger partial charge in [-0.3, -0.25) is 0 Å². The van der Waals surface area contributed by atoms with Crippen molar-refractivity contribution in [2.45, 2.75) is 79.6 Å². The van der Waals surface area contributed by atoms with Crippen LogP contribution in [0.3, 0.4) is 0 Å². The monoisotopic (exact) mass is 582 g/mol. The summed E-state index contributed by atoms with van der Waals surface area (Å²) in [6.45, 7) is 21.6. The Kier molecular flexibility index (Phi) is 8.53. The minimum atomic E-state index is -4.64. The van der Waals surface area contributed by atoms with E-state index in [1.54, 1.807) is 0 Å². The molecule has 0 amide bonds. The van der Waals surface area contributed by atoms with Gasteiger partial charge >= 0.3 is 210 Å². The maximum absolute atomic E-state index is 8.07. The molecular weight excluding hydrogens is 540 g/mol. The Bertz CT molecular complexity index is 1040. The standard InChI is InChI=1S/2C9H18N2.C8H6.2ClH.Ru/c2*1-8(2)10-5-6-11(7-10)9(3)4;1-2-8-6-4-3-5-7-8;;;/h2*8-9H,5-6H2,1-4H3;2-7H;2*1H;/q;;;;;+2/p-2. The maximum atomic E-state index is 8.07. The third kappa shape index (κ3) is 5.27. The molecule has 0 unspecified atom stereocenters. The van der Waals surface area contributed by atoms with Gasteiger partial charge in [-0.25, -0.2) is 0 Å². The van der Waals surface area contributed by atoms with E-state index >= 15 is 0 Å². The summed E-state index contributed by atoms with van der Waals surface area (Å²) in [7, 11) is 11.5. The topological polar surface area (TPSA) is 13.0 Å². The molecule has 2 heterocycles. The summed E-state index contributed by atoms with van der Waals surface area (Å²) < 4.78 is 5.95. The van der Waals surface area contributed by atoms with Crippen molar-refractivity contribution in [1.82, 2.24) is 19.6 Å². The Morgan fingerprint density at radius 1 is 0.667 bits per heavy atom. The van der Waals surface area contributed by atoms with Crippen LogP contribution in [0.25, 0.3) is 6.08 Å². The van der Waals surface area contributed by atoms with Crippen molar-refractivity contribution in [3.8, 4) is 0 Å². The molecule has 0 aromatic heterocycles. The SMILES string of the molecule is CC(C)N1CCN(C(C)C)[C]1=[Ru]([Cl])([Cl])(=[C]=Cc1ccccc1)=[C]1N(C(C)C)CCN1C(C)C. The molecule has 7 heteroatoms. The predicted molar refractivity (Wildman–Crippen MR) is 145 cm³/mol. The summed E-state index contributed by atoms with van der Waals surface area (Å²) >= 11 is 0. The summed E-state index contributed by atoms with van der Waals surface area (Å²) in [5.74, 6) is 0. The first-order valence-corrected chi connectivity index (χ1v) is 19.2. The molecule has 1 aromatic rings. The molecule has 1 aromatic carbocycles. The average molecular weight is 583 g/mol. The summed E-state index contributed by atoms with van der Waals surface area (Å²) in [5, 5.41) is 0. The Morgan fingerprint density at radius 3 is 1.30 bits per heavy atom. The third-order valence-corrected chi connectivity index (χ3v) is 15.9. The Balaban J connectivity index is 2.67.